The maximum absolute atomic E-state index is 12.3. The molecule has 0 aromatic heterocycles. The minimum atomic E-state index is -0.434. The molecular formula is C13H17N3O3. The Morgan fingerprint density at radius 1 is 1.53 bits per heavy atom. The number of aryl methyl sites for hydroxylation is 1. The summed E-state index contributed by atoms with van der Waals surface area (Å²) in [5, 5.41) is 14.0. The number of nitro groups is 1. The molecule has 1 aromatic rings. The Morgan fingerprint density at radius 2 is 2.26 bits per heavy atom. The molecule has 1 fully saturated rings. The molecule has 0 saturated carbocycles. The van der Waals surface area contributed by atoms with Crippen LogP contribution >= 0.6 is 0 Å². The van der Waals surface area contributed by atoms with E-state index in [1.165, 1.54) is 12.1 Å². The van der Waals surface area contributed by atoms with E-state index in [-0.39, 0.29) is 17.6 Å². The van der Waals surface area contributed by atoms with Crippen molar-refractivity contribution in [3.63, 3.8) is 0 Å². The van der Waals surface area contributed by atoms with Crippen LogP contribution in [0.1, 0.15) is 22.8 Å². The first-order chi connectivity index (χ1) is 8.99. The Labute approximate surface area is 111 Å². The molecule has 1 heterocycles. The normalized spacial score (nSPS) is 19.3. The van der Waals surface area contributed by atoms with Gasteiger partial charge in [0.05, 0.1) is 4.92 Å². The van der Waals surface area contributed by atoms with Gasteiger partial charge in [-0.1, -0.05) is 0 Å². The molecule has 1 aliphatic heterocycles. The highest BCUT2D eigenvalue weighted by molar-refractivity contribution is 5.94. The van der Waals surface area contributed by atoms with Crippen molar-refractivity contribution in [2.45, 2.75) is 19.9 Å². The molecule has 2 rings (SSSR count). The summed E-state index contributed by atoms with van der Waals surface area (Å²) in [6.07, 6.45) is 0. The molecule has 1 aliphatic rings. The number of carbonyl (C=O) groups is 1. The highest BCUT2D eigenvalue weighted by atomic mass is 16.6. The largest absolute Gasteiger partial charge is 0.336 e. The van der Waals surface area contributed by atoms with Crippen LogP contribution in [0.4, 0.5) is 5.69 Å². The summed E-state index contributed by atoms with van der Waals surface area (Å²) in [4.78, 5) is 24.4. The van der Waals surface area contributed by atoms with Crippen LogP contribution in [0.2, 0.25) is 0 Å². The quantitative estimate of drug-likeness (QED) is 0.645. The van der Waals surface area contributed by atoms with Crippen LogP contribution < -0.4 is 5.32 Å². The van der Waals surface area contributed by atoms with Gasteiger partial charge in [0.2, 0.25) is 0 Å². The fraction of sp³-hybridized carbons (Fsp3) is 0.462. The number of benzene rings is 1. The summed E-state index contributed by atoms with van der Waals surface area (Å²) < 4.78 is 0. The van der Waals surface area contributed by atoms with E-state index >= 15 is 0 Å². The minimum Gasteiger partial charge on any atom is -0.336 e. The van der Waals surface area contributed by atoms with Gasteiger partial charge in [0.25, 0.3) is 11.6 Å². The highest BCUT2D eigenvalue weighted by Crippen LogP contribution is 2.20. The Balaban J connectivity index is 2.19. The van der Waals surface area contributed by atoms with Crippen LogP contribution in [-0.4, -0.2) is 41.4 Å². The fourth-order valence-electron chi connectivity index (χ4n) is 2.29. The molecule has 102 valence electrons. The van der Waals surface area contributed by atoms with Crippen LogP contribution in [-0.2, 0) is 0 Å². The third-order valence-electron chi connectivity index (χ3n) is 3.30. The van der Waals surface area contributed by atoms with Crippen molar-refractivity contribution in [1.82, 2.24) is 10.2 Å². The van der Waals surface area contributed by atoms with E-state index in [1.54, 1.807) is 17.9 Å². The lowest BCUT2D eigenvalue weighted by Gasteiger charge is -2.32. The van der Waals surface area contributed by atoms with E-state index < -0.39 is 4.92 Å². The van der Waals surface area contributed by atoms with Crippen molar-refractivity contribution in [2.75, 3.05) is 19.6 Å². The molecule has 0 radical (unpaired) electrons. The van der Waals surface area contributed by atoms with Gasteiger partial charge in [-0.15, -0.1) is 0 Å². The summed E-state index contributed by atoms with van der Waals surface area (Å²) in [6, 6.07) is 4.79. The van der Waals surface area contributed by atoms with Gasteiger partial charge < -0.3 is 10.2 Å². The van der Waals surface area contributed by atoms with Gasteiger partial charge in [-0.05, 0) is 26.0 Å². The second-order valence-electron chi connectivity index (χ2n) is 4.86. The molecule has 0 aliphatic carbocycles. The lowest BCUT2D eigenvalue weighted by atomic mass is 10.1. The number of hydrogen-bond donors (Lipinski definition) is 1. The van der Waals surface area contributed by atoms with Crippen molar-refractivity contribution >= 4 is 11.6 Å². The van der Waals surface area contributed by atoms with Gasteiger partial charge in [0.15, 0.2) is 0 Å². The van der Waals surface area contributed by atoms with Crippen molar-refractivity contribution in [3.8, 4) is 0 Å². The fourth-order valence-corrected chi connectivity index (χ4v) is 2.29. The number of rotatable bonds is 2. The Morgan fingerprint density at radius 3 is 2.84 bits per heavy atom. The number of carbonyl (C=O) groups excluding carboxylic acids is 1. The number of nitrogens with one attached hydrogen (secondary N) is 1. The van der Waals surface area contributed by atoms with E-state index in [1.807, 2.05) is 6.92 Å². The molecule has 0 spiro atoms. The summed E-state index contributed by atoms with van der Waals surface area (Å²) >= 11 is 0. The van der Waals surface area contributed by atoms with Crippen LogP contribution in [0, 0.1) is 17.0 Å². The minimum absolute atomic E-state index is 0.0465. The number of piperazine rings is 1. The average molecular weight is 263 g/mol. The van der Waals surface area contributed by atoms with E-state index in [0.29, 0.717) is 24.2 Å². The molecule has 1 N–H and O–H groups in total. The summed E-state index contributed by atoms with van der Waals surface area (Å²) in [6.45, 7) is 5.78. The molecule has 1 amide bonds. The zero-order chi connectivity index (χ0) is 14.0. The maximum atomic E-state index is 12.3. The van der Waals surface area contributed by atoms with Crippen molar-refractivity contribution in [3.05, 3.63) is 39.4 Å². The van der Waals surface area contributed by atoms with Crippen molar-refractivity contribution < 1.29 is 9.72 Å². The summed E-state index contributed by atoms with van der Waals surface area (Å²) in [5.74, 6) is -0.0636. The zero-order valence-electron chi connectivity index (χ0n) is 11.0. The topological polar surface area (TPSA) is 75.5 Å². The Kier molecular flexibility index (Phi) is 3.80. The van der Waals surface area contributed by atoms with Crippen LogP contribution in [0.25, 0.3) is 0 Å². The van der Waals surface area contributed by atoms with E-state index in [0.717, 1.165) is 6.54 Å². The van der Waals surface area contributed by atoms with Crippen molar-refractivity contribution in [1.29, 1.82) is 0 Å². The monoisotopic (exact) mass is 263 g/mol. The number of nitrogens with zero attached hydrogens (tertiary/aromatic N) is 2. The lowest BCUT2D eigenvalue weighted by Crippen LogP contribution is -2.51. The van der Waals surface area contributed by atoms with Crippen LogP contribution in [0.3, 0.4) is 0 Å². The number of amides is 1. The number of nitro benzene ring substituents is 1. The first-order valence-electron chi connectivity index (χ1n) is 6.26. The molecule has 19 heavy (non-hydrogen) atoms. The smallest absolute Gasteiger partial charge is 0.272 e. The molecule has 1 aromatic carbocycles. The first-order valence-corrected chi connectivity index (χ1v) is 6.26. The predicted molar refractivity (Wildman–Crippen MR) is 71.2 cm³/mol. The van der Waals surface area contributed by atoms with E-state index in [9.17, 15) is 14.9 Å². The molecule has 1 unspecified atom stereocenters. The van der Waals surface area contributed by atoms with Gasteiger partial charge in [-0.3, -0.25) is 14.9 Å². The molecule has 6 nitrogen and oxygen atoms in total. The second-order valence-corrected chi connectivity index (χ2v) is 4.86. The van der Waals surface area contributed by atoms with E-state index in [2.05, 4.69) is 5.32 Å². The van der Waals surface area contributed by atoms with E-state index in [4.69, 9.17) is 0 Å². The third-order valence-corrected chi connectivity index (χ3v) is 3.30. The first kappa shape index (κ1) is 13.5. The van der Waals surface area contributed by atoms with Crippen LogP contribution in [0.5, 0.6) is 0 Å². The molecule has 1 atom stereocenters. The summed E-state index contributed by atoms with van der Waals surface area (Å²) in [5.41, 5.74) is 1.07. The average Bonchev–Trinajstić information content (AvgIpc) is 2.37. The Bertz CT molecular complexity index is 516. The van der Waals surface area contributed by atoms with Gasteiger partial charge >= 0.3 is 0 Å². The van der Waals surface area contributed by atoms with Gasteiger partial charge in [0.1, 0.15) is 0 Å². The predicted octanol–water partition coefficient (Wildman–Crippen LogP) is 1.34. The van der Waals surface area contributed by atoms with Crippen molar-refractivity contribution in [2.24, 2.45) is 0 Å². The SMILES string of the molecule is Cc1cc(C(=O)N2CCNC(C)C2)ccc1[N+](=O)[O-]. The molecule has 1 saturated heterocycles. The third kappa shape index (κ3) is 2.90. The zero-order valence-corrected chi connectivity index (χ0v) is 11.0. The summed E-state index contributed by atoms with van der Waals surface area (Å²) in [7, 11) is 0. The van der Waals surface area contributed by atoms with Gasteiger partial charge in [-0.25, -0.2) is 0 Å². The van der Waals surface area contributed by atoms with Crippen LogP contribution in [0.15, 0.2) is 18.2 Å². The molecule has 6 heteroatoms. The Hall–Kier alpha value is -1.95. The van der Waals surface area contributed by atoms with Gasteiger partial charge in [-0.2, -0.15) is 0 Å². The standard InChI is InChI=1S/C13H17N3O3/c1-9-7-11(3-4-12(9)16(18)19)13(17)15-6-5-14-10(2)8-15/h3-4,7,10,14H,5-6,8H2,1-2H3. The lowest BCUT2D eigenvalue weighted by molar-refractivity contribution is -0.385. The maximum Gasteiger partial charge on any atom is 0.272 e. The second kappa shape index (κ2) is 5.36. The number of hydrogen-bond acceptors (Lipinski definition) is 4. The molecule has 0 bridgehead atoms. The molecular weight excluding hydrogens is 246 g/mol. The highest BCUT2D eigenvalue weighted by Gasteiger charge is 2.22. The van der Waals surface area contributed by atoms with Gasteiger partial charge in [0, 0.05) is 42.9 Å².